The Balaban J connectivity index is 1.36. The third kappa shape index (κ3) is 5.62. The summed E-state index contributed by atoms with van der Waals surface area (Å²) >= 11 is 0. The van der Waals surface area contributed by atoms with Crippen LogP contribution in [0, 0.1) is 11.7 Å². The predicted octanol–water partition coefficient (Wildman–Crippen LogP) is 3.07. The molecule has 8 nitrogen and oxygen atoms in total. The highest BCUT2D eigenvalue weighted by atomic mass is 19.3. The summed E-state index contributed by atoms with van der Waals surface area (Å²) in [6.07, 6.45) is 4.82. The van der Waals surface area contributed by atoms with Gasteiger partial charge in [-0.05, 0) is 48.9 Å². The minimum Gasteiger partial charge on any atom is -0.476 e. The Morgan fingerprint density at radius 2 is 2.10 bits per heavy atom. The molecule has 1 heterocycles. The zero-order chi connectivity index (χ0) is 22.0. The van der Waals surface area contributed by atoms with Gasteiger partial charge in [-0.25, -0.2) is 14.4 Å². The molecule has 0 unspecified atom stereocenters. The highest BCUT2D eigenvalue weighted by Crippen LogP contribution is 2.45. The molecule has 2 atom stereocenters. The number of carbonyl (C=O) groups excluding carboxylic acids is 1. The molecule has 0 saturated heterocycles. The van der Waals surface area contributed by atoms with Gasteiger partial charge < -0.3 is 20.5 Å². The number of hydrogen-bond donors (Lipinski definition) is 2. The van der Waals surface area contributed by atoms with Crippen LogP contribution in [0.15, 0.2) is 35.6 Å². The molecule has 1 aromatic heterocycles. The Morgan fingerprint density at radius 3 is 2.77 bits per heavy atom. The lowest BCUT2D eigenvalue weighted by Gasteiger charge is -2.09. The van der Waals surface area contributed by atoms with E-state index in [1.165, 1.54) is 30.6 Å². The first-order chi connectivity index (χ1) is 14.9. The first-order valence-corrected chi connectivity index (χ1v) is 9.72. The quantitative estimate of drug-likeness (QED) is 0.375. The third-order valence-electron chi connectivity index (χ3n) is 4.91. The van der Waals surface area contributed by atoms with Crippen LogP contribution in [0.4, 0.5) is 18.9 Å². The number of halogens is 3. The predicted molar refractivity (Wildman–Crippen MR) is 104 cm³/mol. The number of amidine groups is 1. The number of benzene rings is 1. The smallest absolute Gasteiger partial charge is 0.336 e. The first-order valence-electron chi connectivity index (χ1n) is 9.72. The van der Waals surface area contributed by atoms with Crippen molar-refractivity contribution in [2.24, 2.45) is 16.6 Å². The van der Waals surface area contributed by atoms with Crippen molar-refractivity contribution >= 4 is 17.6 Å². The second-order valence-corrected chi connectivity index (χ2v) is 7.43. The summed E-state index contributed by atoms with van der Waals surface area (Å²) in [7, 11) is 0. The van der Waals surface area contributed by atoms with Crippen molar-refractivity contribution in [1.29, 1.82) is 0 Å². The molecule has 3 N–H and O–H groups in total. The number of hydrogen-bond acceptors (Lipinski definition) is 6. The largest absolute Gasteiger partial charge is 0.476 e. The Morgan fingerprint density at radius 1 is 1.29 bits per heavy atom. The van der Waals surface area contributed by atoms with Gasteiger partial charge in [0.15, 0.2) is 0 Å². The zero-order valence-electron chi connectivity index (χ0n) is 16.3. The summed E-state index contributed by atoms with van der Waals surface area (Å²) in [5.74, 6) is -0.485. The fraction of sp³-hybridized carbons (Fsp3) is 0.400. The maximum Gasteiger partial charge on any atom is 0.336 e. The van der Waals surface area contributed by atoms with Gasteiger partial charge in [-0.1, -0.05) is 0 Å². The van der Waals surface area contributed by atoms with Gasteiger partial charge in [0.1, 0.15) is 17.6 Å². The molecular weight excluding hydrogens is 415 g/mol. The standard InChI is InChI=1S/C20H20F3N5O3/c21-14-4-3-11(5-12(14)13-6-16(13)31-20(24)28-19(22)23)27-18(29)15-7-26-17(8-25-15)30-9-10-1-2-10/h3-5,7-8,10,13,16,19H,1-2,6,9H2,(H2,24,28)(H,27,29)/t13-,16-/m1/s1. The maximum atomic E-state index is 14.2. The summed E-state index contributed by atoms with van der Waals surface area (Å²) in [6.45, 7) is -2.39. The number of anilines is 1. The number of nitrogens with one attached hydrogen (secondary N) is 1. The highest BCUT2D eigenvalue weighted by Gasteiger charge is 2.43. The molecule has 1 amide bonds. The first kappa shape index (κ1) is 20.9. The molecule has 2 aliphatic carbocycles. The van der Waals surface area contributed by atoms with Crippen LogP contribution in [0.25, 0.3) is 0 Å². The van der Waals surface area contributed by atoms with Crippen molar-refractivity contribution < 1.29 is 27.4 Å². The number of rotatable bonds is 8. The molecule has 0 radical (unpaired) electrons. The number of aromatic nitrogens is 2. The molecule has 2 fully saturated rings. The number of carbonyl (C=O) groups is 1. The normalized spacial score (nSPS) is 20.5. The number of nitrogens with two attached hydrogens (primary N) is 1. The van der Waals surface area contributed by atoms with Crippen LogP contribution >= 0.6 is 0 Å². The molecule has 0 aliphatic heterocycles. The number of alkyl halides is 2. The van der Waals surface area contributed by atoms with Gasteiger partial charge in [0.05, 0.1) is 19.0 Å². The van der Waals surface area contributed by atoms with E-state index in [9.17, 15) is 18.0 Å². The molecular formula is C20H20F3N5O3. The van der Waals surface area contributed by atoms with Crippen molar-refractivity contribution in [1.82, 2.24) is 9.97 Å². The third-order valence-corrected chi connectivity index (χ3v) is 4.91. The highest BCUT2D eigenvalue weighted by molar-refractivity contribution is 6.02. The summed E-state index contributed by atoms with van der Waals surface area (Å²) in [4.78, 5) is 23.3. The van der Waals surface area contributed by atoms with Crippen LogP contribution in [-0.4, -0.2) is 41.2 Å². The zero-order valence-corrected chi connectivity index (χ0v) is 16.3. The molecule has 0 spiro atoms. The molecule has 4 rings (SSSR count). The molecule has 11 heteroatoms. The van der Waals surface area contributed by atoms with E-state index in [4.69, 9.17) is 15.2 Å². The average molecular weight is 435 g/mol. The van der Waals surface area contributed by atoms with E-state index >= 15 is 0 Å². The summed E-state index contributed by atoms with van der Waals surface area (Å²) in [5, 5.41) is 2.63. The fourth-order valence-electron chi connectivity index (χ4n) is 3.01. The SMILES string of the molecule is N/C(=N/C(F)F)O[C@@H]1C[C@@H]1c1cc(NC(=O)c2cnc(OCC3CC3)cn2)ccc1F. The van der Waals surface area contributed by atoms with Crippen LogP contribution < -0.4 is 15.8 Å². The number of aliphatic imine (C=N–C) groups is 1. The topological polar surface area (TPSA) is 112 Å². The summed E-state index contributed by atoms with van der Waals surface area (Å²) < 4.78 is 49.2. The van der Waals surface area contributed by atoms with Gasteiger partial charge in [0, 0.05) is 11.6 Å². The second-order valence-electron chi connectivity index (χ2n) is 7.43. The molecule has 2 aliphatic rings. The lowest BCUT2D eigenvalue weighted by molar-refractivity contribution is 0.102. The number of amides is 1. The Labute approximate surface area is 175 Å². The van der Waals surface area contributed by atoms with Gasteiger partial charge in [0.2, 0.25) is 5.88 Å². The molecule has 0 bridgehead atoms. The van der Waals surface area contributed by atoms with E-state index in [1.54, 1.807) is 0 Å². The average Bonchev–Trinajstić information content (AvgIpc) is 3.64. The van der Waals surface area contributed by atoms with Crippen LogP contribution in [0.2, 0.25) is 0 Å². The lowest BCUT2D eigenvalue weighted by atomic mass is 10.1. The number of nitrogens with zero attached hydrogens (tertiary/aromatic N) is 3. The van der Waals surface area contributed by atoms with Gasteiger partial charge in [-0.2, -0.15) is 13.8 Å². The maximum absolute atomic E-state index is 14.2. The monoisotopic (exact) mass is 435 g/mol. The van der Waals surface area contributed by atoms with Gasteiger partial charge in [-0.3, -0.25) is 4.79 Å². The number of ether oxygens (including phenoxy) is 2. The Hall–Kier alpha value is -3.37. The van der Waals surface area contributed by atoms with E-state index in [1.807, 2.05) is 0 Å². The van der Waals surface area contributed by atoms with Crippen LogP contribution in [0.1, 0.15) is 41.2 Å². The van der Waals surface area contributed by atoms with Crippen molar-refractivity contribution in [3.05, 3.63) is 47.7 Å². The van der Waals surface area contributed by atoms with Crippen LogP contribution in [-0.2, 0) is 4.74 Å². The van der Waals surface area contributed by atoms with Crippen molar-refractivity contribution in [3.8, 4) is 5.88 Å². The molecule has 31 heavy (non-hydrogen) atoms. The van der Waals surface area contributed by atoms with Gasteiger partial charge >= 0.3 is 6.55 Å². The van der Waals surface area contributed by atoms with E-state index in [2.05, 4.69) is 20.3 Å². The molecule has 2 aromatic rings. The van der Waals surface area contributed by atoms with E-state index in [0.29, 0.717) is 30.5 Å². The molecule has 2 saturated carbocycles. The van der Waals surface area contributed by atoms with Gasteiger partial charge in [0.25, 0.3) is 11.9 Å². The summed E-state index contributed by atoms with van der Waals surface area (Å²) in [5.41, 5.74) is 5.98. The van der Waals surface area contributed by atoms with Crippen LogP contribution in [0.3, 0.4) is 0 Å². The minimum atomic E-state index is -2.98. The van der Waals surface area contributed by atoms with E-state index in [0.717, 1.165) is 12.8 Å². The van der Waals surface area contributed by atoms with Crippen LogP contribution in [0.5, 0.6) is 5.88 Å². The Bertz CT molecular complexity index is 983. The Kier molecular flexibility index (Phi) is 5.92. The summed E-state index contributed by atoms with van der Waals surface area (Å²) in [6, 6.07) is 3.43. The van der Waals surface area contributed by atoms with Crippen molar-refractivity contribution in [2.45, 2.75) is 37.8 Å². The fourth-order valence-corrected chi connectivity index (χ4v) is 3.01. The lowest BCUT2D eigenvalue weighted by Crippen LogP contribution is -2.19. The van der Waals surface area contributed by atoms with Crippen molar-refractivity contribution in [2.75, 3.05) is 11.9 Å². The van der Waals surface area contributed by atoms with E-state index < -0.39 is 30.4 Å². The molecule has 164 valence electrons. The van der Waals surface area contributed by atoms with E-state index in [-0.39, 0.29) is 17.2 Å². The second kappa shape index (κ2) is 8.78. The minimum absolute atomic E-state index is 0.0771. The molecule has 1 aromatic carbocycles. The van der Waals surface area contributed by atoms with Gasteiger partial charge in [-0.15, -0.1) is 0 Å². The van der Waals surface area contributed by atoms with Crippen molar-refractivity contribution in [3.63, 3.8) is 0 Å².